The third kappa shape index (κ3) is 19.1. The molecule has 0 unspecified atom stereocenters. The maximum absolute atomic E-state index is 14.0. The van der Waals surface area contributed by atoms with Gasteiger partial charge in [0.25, 0.3) is 0 Å². The van der Waals surface area contributed by atoms with Gasteiger partial charge in [0.2, 0.25) is 17.7 Å². The molecular weight excluding hydrogens is 751 g/mol. The van der Waals surface area contributed by atoms with Crippen LogP contribution < -0.4 is 16.0 Å². The zero-order chi connectivity index (χ0) is 42.8. The molecule has 0 radical (unpaired) electrons. The Kier molecular flexibility index (Phi) is 22.7. The Morgan fingerprint density at radius 1 is 0.542 bits per heavy atom. The van der Waals surface area contributed by atoms with Crippen molar-refractivity contribution < 1.29 is 28.8 Å². The van der Waals surface area contributed by atoms with Crippen LogP contribution in [0.2, 0.25) is 0 Å². The number of rotatable bonds is 33. The van der Waals surface area contributed by atoms with Gasteiger partial charge < -0.3 is 30.9 Å². The van der Waals surface area contributed by atoms with E-state index in [0.29, 0.717) is 23.5 Å². The van der Waals surface area contributed by atoms with Gasteiger partial charge in [0.15, 0.2) is 17.3 Å². The van der Waals surface area contributed by atoms with Crippen molar-refractivity contribution in [2.45, 2.75) is 174 Å². The monoisotopic (exact) mass is 820 g/mol. The number of hydrogen-bond donors (Lipinski definition) is 6. The number of H-pyrrole nitrogens is 3. The molecule has 5 atom stereocenters. The van der Waals surface area contributed by atoms with Gasteiger partial charge in [-0.2, -0.15) is 0 Å². The molecule has 3 amide bonds. The number of Topliss-reactive ketones (excluding diaryl/α,β-unsaturated/α-hetero) is 3. The summed E-state index contributed by atoms with van der Waals surface area (Å²) < 4.78 is 0. The van der Waals surface area contributed by atoms with Crippen LogP contribution in [0.15, 0.2) is 37.6 Å². The van der Waals surface area contributed by atoms with Gasteiger partial charge in [0.1, 0.15) is 0 Å². The molecule has 0 fully saturated rings. The zero-order valence-electron chi connectivity index (χ0n) is 35.8. The lowest BCUT2D eigenvalue weighted by molar-refractivity contribution is -0.134. The average molecular weight is 820 g/mol. The van der Waals surface area contributed by atoms with E-state index in [2.05, 4.69) is 52.8 Å². The van der Waals surface area contributed by atoms with Crippen molar-refractivity contribution in [1.29, 1.82) is 0 Å². The minimum atomic E-state index is -1.05. The van der Waals surface area contributed by atoms with Crippen molar-refractivity contribution in [3.63, 3.8) is 0 Å². The number of hydrogen-bond acceptors (Lipinski definition) is 9. The maximum Gasteiger partial charge on any atom is 0.224 e. The van der Waals surface area contributed by atoms with Crippen LogP contribution in [0, 0.1) is 11.8 Å². The lowest BCUT2D eigenvalue weighted by Gasteiger charge is -2.24. The van der Waals surface area contributed by atoms with E-state index in [1.807, 2.05) is 0 Å². The summed E-state index contributed by atoms with van der Waals surface area (Å²) in [7, 11) is 0. The lowest BCUT2D eigenvalue weighted by Crippen LogP contribution is -2.48. The summed E-state index contributed by atoms with van der Waals surface area (Å²) in [6, 6.07) is -2.65. The van der Waals surface area contributed by atoms with Crippen LogP contribution in [-0.2, 0) is 48.0 Å². The number of imidazole rings is 3. The first-order valence-corrected chi connectivity index (χ1v) is 21.9. The minimum absolute atomic E-state index is 0.0755. The largest absolute Gasteiger partial charge is 0.348 e. The summed E-state index contributed by atoms with van der Waals surface area (Å²) >= 11 is 0. The number of amides is 3. The van der Waals surface area contributed by atoms with Crippen molar-refractivity contribution in [3.05, 3.63) is 54.7 Å². The Hall–Kier alpha value is -4.95. The average Bonchev–Trinajstić information content (AvgIpc) is 4.04. The second-order valence-electron chi connectivity index (χ2n) is 16.0. The molecule has 0 aliphatic heterocycles. The summed E-state index contributed by atoms with van der Waals surface area (Å²) in [5.74, 6) is -3.76. The highest BCUT2D eigenvalue weighted by Crippen LogP contribution is 2.17. The molecule has 0 saturated heterocycles. The van der Waals surface area contributed by atoms with Crippen LogP contribution in [0.25, 0.3) is 0 Å². The van der Waals surface area contributed by atoms with E-state index in [-0.39, 0.29) is 56.0 Å². The topological polar surface area (TPSA) is 225 Å². The van der Waals surface area contributed by atoms with Gasteiger partial charge in [0, 0.05) is 86.5 Å². The van der Waals surface area contributed by atoms with Gasteiger partial charge in [0.05, 0.1) is 43.0 Å². The number of nitrogens with zero attached hydrogens (tertiary/aromatic N) is 3. The maximum atomic E-state index is 14.0. The quantitative estimate of drug-likeness (QED) is 0.0397. The second kappa shape index (κ2) is 27.7. The molecule has 15 heteroatoms. The van der Waals surface area contributed by atoms with E-state index < -0.39 is 47.6 Å². The standard InChI is InChI=1S/C44H69N9O6/c1-5-7-8-9-10-11-12-13-14-15-16-17-18-19-42(57)52-37(23-35-26-46-29-49-35)40(55)20-31(3)43(58)53-38(24-36-27-47-30-50-36)41(56)22-33(21-34-25-45-28-48-34)44(59)51-32(4)39(54)6-2/h25-33,37-38H,5-24H2,1-4H3,(H,45,48)(H,46,49)(H,47,50)(H,51,59)(H,52,57)(H,53,58)/t31-,32+,33+,37+,38-/m1/s1. The van der Waals surface area contributed by atoms with Gasteiger partial charge in [-0.05, 0) is 13.3 Å². The first kappa shape index (κ1) is 48.4. The molecule has 326 valence electrons. The Bertz CT molecular complexity index is 1660. The molecule has 0 aliphatic rings. The molecular formula is C44H69N9O6. The summed E-state index contributed by atoms with van der Waals surface area (Å²) in [5.41, 5.74) is 1.90. The Labute approximate surface area is 349 Å². The highest BCUT2D eigenvalue weighted by molar-refractivity contribution is 5.96. The number of carbonyl (C=O) groups is 6. The molecule has 15 nitrogen and oxygen atoms in total. The van der Waals surface area contributed by atoms with Crippen molar-refractivity contribution >= 4 is 35.1 Å². The Balaban J connectivity index is 1.56. The van der Waals surface area contributed by atoms with Crippen LogP contribution in [0.4, 0.5) is 0 Å². The van der Waals surface area contributed by atoms with Gasteiger partial charge in [-0.25, -0.2) is 15.0 Å². The lowest BCUT2D eigenvalue weighted by atomic mass is 9.91. The molecule has 59 heavy (non-hydrogen) atoms. The zero-order valence-corrected chi connectivity index (χ0v) is 35.8. The Morgan fingerprint density at radius 3 is 1.47 bits per heavy atom. The number of carbonyl (C=O) groups excluding carboxylic acids is 6. The summed E-state index contributed by atoms with van der Waals surface area (Å²) in [4.78, 5) is 101. The summed E-state index contributed by atoms with van der Waals surface area (Å²) in [5, 5.41) is 8.47. The van der Waals surface area contributed by atoms with Crippen LogP contribution >= 0.6 is 0 Å². The van der Waals surface area contributed by atoms with Crippen LogP contribution in [0.5, 0.6) is 0 Å². The van der Waals surface area contributed by atoms with Crippen LogP contribution in [-0.4, -0.2) is 83.1 Å². The third-order valence-electron chi connectivity index (χ3n) is 10.9. The molecule has 0 spiro atoms. The van der Waals surface area contributed by atoms with Crippen molar-refractivity contribution in [2.75, 3.05) is 0 Å². The van der Waals surface area contributed by atoms with E-state index in [1.54, 1.807) is 39.4 Å². The number of ketones is 3. The smallest absolute Gasteiger partial charge is 0.224 e. The predicted octanol–water partition coefficient (Wildman–Crippen LogP) is 5.99. The van der Waals surface area contributed by atoms with E-state index in [4.69, 9.17) is 0 Å². The van der Waals surface area contributed by atoms with Crippen molar-refractivity contribution in [3.8, 4) is 0 Å². The molecule has 3 rings (SSSR count). The highest BCUT2D eigenvalue weighted by atomic mass is 16.2. The number of nitrogens with one attached hydrogen (secondary N) is 6. The second-order valence-corrected chi connectivity index (χ2v) is 16.0. The van der Waals surface area contributed by atoms with Gasteiger partial charge >= 0.3 is 0 Å². The van der Waals surface area contributed by atoms with E-state index in [9.17, 15) is 28.8 Å². The fourth-order valence-electron chi connectivity index (χ4n) is 7.17. The highest BCUT2D eigenvalue weighted by Gasteiger charge is 2.32. The molecule has 3 heterocycles. The van der Waals surface area contributed by atoms with Crippen LogP contribution in [0.1, 0.15) is 154 Å². The number of unbranched alkanes of at least 4 members (excludes halogenated alkanes) is 12. The fraction of sp³-hybridized carbons (Fsp3) is 0.659. The summed E-state index contributed by atoms with van der Waals surface area (Å²) in [6.07, 6.45) is 25.4. The molecule has 0 aliphatic carbocycles. The van der Waals surface area contributed by atoms with E-state index in [0.717, 1.165) is 25.7 Å². The SMILES string of the molecule is CCCCCCCCCCCCCCCC(=O)N[C@@H](Cc1cnc[nH]1)C(=O)C[C@@H](C)C(=O)N[C@H](Cc1cnc[nH]1)C(=O)C[C@H](Cc1cnc[nH]1)C(=O)N[C@@H](C)C(=O)CC. The molecule has 0 aromatic carbocycles. The van der Waals surface area contributed by atoms with Crippen LogP contribution in [0.3, 0.4) is 0 Å². The predicted molar refractivity (Wildman–Crippen MR) is 226 cm³/mol. The first-order chi connectivity index (χ1) is 28.5. The minimum Gasteiger partial charge on any atom is -0.348 e. The van der Waals surface area contributed by atoms with Crippen molar-refractivity contribution in [2.24, 2.45) is 11.8 Å². The number of aromatic amines is 3. The van der Waals surface area contributed by atoms with E-state index in [1.165, 1.54) is 76.8 Å². The fourth-order valence-corrected chi connectivity index (χ4v) is 7.17. The molecule has 3 aromatic rings. The van der Waals surface area contributed by atoms with Gasteiger partial charge in [-0.15, -0.1) is 0 Å². The van der Waals surface area contributed by atoms with E-state index >= 15 is 0 Å². The number of aromatic nitrogens is 6. The molecule has 0 saturated carbocycles. The molecule has 6 N–H and O–H groups in total. The normalized spacial score (nSPS) is 13.8. The third-order valence-corrected chi connectivity index (χ3v) is 10.9. The van der Waals surface area contributed by atoms with Gasteiger partial charge in [-0.3, -0.25) is 28.8 Å². The summed E-state index contributed by atoms with van der Waals surface area (Å²) in [6.45, 7) is 7.16. The van der Waals surface area contributed by atoms with Gasteiger partial charge in [-0.1, -0.05) is 97.8 Å². The molecule has 3 aromatic heterocycles. The first-order valence-electron chi connectivity index (χ1n) is 21.9. The molecule has 0 bridgehead atoms. The van der Waals surface area contributed by atoms with Crippen molar-refractivity contribution in [1.82, 2.24) is 45.9 Å². The Morgan fingerprint density at radius 2 is 1.00 bits per heavy atom.